The number of ketones is 1. The van der Waals surface area contributed by atoms with Crippen LogP contribution in [0.15, 0.2) is 67.0 Å². The van der Waals surface area contributed by atoms with E-state index in [9.17, 15) is 9.90 Å². The molecule has 0 saturated carbocycles. The molecular weight excluding hydrogens is 262 g/mol. The van der Waals surface area contributed by atoms with Gasteiger partial charge in [0.05, 0.1) is 0 Å². The van der Waals surface area contributed by atoms with E-state index in [-0.39, 0.29) is 11.5 Å². The largest absolute Gasteiger partial charge is 0.502 e. The van der Waals surface area contributed by atoms with Crippen molar-refractivity contribution in [1.82, 2.24) is 0 Å². The summed E-state index contributed by atoms with van der Waals surface area (Å²) >= 11 is 0. The third-order valence-corrected chi connectivity index (χ3v) is 3.81. The van der Waals surface area contributed by atoms with Crippen LogP contribution in [0.4, 0.5) is 0 Å². The van der Waals surface area contributed by atoms with E-state index in [1.807, 2.05) is 42.6 Å². The van der Waals surface area contributed by atoms with E-state index in [0.717, 1.165) is 10.8 Å². The first-order valence-corrected chi connectivity index (χ1v) is 6.73. The Morgan fingerprint density at radius 2 is 1.48 bits per heavy atom. The summed E-state index contributed by atoms with van der Waals surface area (Å²) < 4.78 is 1.69. The van der Waals surface area contributed by atoms with Gasteiger partial charge < -0.3 is 5.11 Å². The zero-order valence-corrected chi connectivity index (χ0v) is 11.2. The summed E-state index contributed by atoms with van der Waals surface area (Å²) in [5.74, 6) is -0.112. The maximum atomic E-state index is 12.5. The number of aliphatic hydroxyl groups is 1. The maximum absolute atomic E-state index is 12.5. The molecular formula is C18H12NO2+. The van der Waals surface area contributed by atoms with Crippen molar-refractivity contribution in [3.05, 3.63) is 78.1 Å². The van der Waals surface area contributed by atoms with Crippen molar-refractivity contribution in [2.45, 2.75) is 0 Å². The highest BCUT2D eigenvalue weighted by molar-refractivity contribution is 6.32. The van der Waals surface area contributed by atoms with Crippen molar-refractivity contribution in [3.63, 3.8) is 0 Å². The Balaban J connectivity index is 1.93. The van der Waals surface area contributed by atoms with Gasteiger partial charge in [0.25, 0.3) is 5.78 Å². The molecule has 0 saturated heterocycles. The molecule has 4 rings (SSSR count). The first kappa shape index (κ1) is 11.9. The molecule has 0 spiro atoms. The minimum Gasteiger partial charge on any atom is -0.502 e. The number of aliphatic hydroxyl groups excluding tert-OH is 1. The van der Waals surface area contributed by atoms with Gasteiger partial charge in [0, 0.05) is 22.6 Å². The summed E-state index contributed by atoms with van der Waals surface area (Å²) in [6.07, 6.45) is 3.67. The summed E-state index contributed by atoms with van der Waals surface area (Å²) in [7, 11) is 0. The fourth-order valence-electron chi connectivity index (χ4n) is 2.76. The highest BCUT2D eigenvalue weighted by atomic mass is 16.3. The normalized spacial score (nSPS) is 13.8. The number of pyridine rings is 1. The van der Waals surface area contributed by atoms with E-state index >= 15 is 0 Å². The number of fused-ring (bicyclic) bond motifs is 2. The second-order valence-electron chi connectivity index (χ2n) is 5.05. The van der Waals surface area contributed by atoms with Crippen LogP contribution in [-0.2, 0) is 0 Å². The molecule has 1 aromatic heterocycles. The minimum atomic E-state index is -0.150. The van der Waals surface area contributed by atoms with Crippen molar-refractivity contribution in [3.8, 4) is 0 Å². The summed E-state index contributed by atoms with van der Waals surface area (Å²) in [6, 6.07) is 17.0. The number of benzene rings is 2. The van der Waals surface area contributed by atoms with Crippen molar-refractivity contribution in [2.75, 3.05) is 0 Å². The lowest BCUT2D eigenvalue weighted by atomic mass is 10.1. The van der Waals surface area contributed by atoms with Crippen LogP contribution in [0.2, 0.25) is 0 Å². The van der Waals surface area contributed by atoms with Gasteiger partial charge in [-0.05, 0) is 11.5 Å². The Kier molecular flexibility index (Phi) is 2.42. The van der Waals surface area contributed by atoms with Crippen LogP contribution in [0.1, 0.15) is 15.9 Å². The summed E-state index contributed by atoms with van der Waals surface area (Å²) in [5.41, 5.74) is 1.45. The van der Waals surface area contributed by atoms with E-state index in [2.05, 4.69) is 0 Å². The van der Waals surface area contributed by atoms with Crippen LogP contribution in [0.25, 0.3) is 22.2 Å². The molecule has 0 fully saturated rings. The van der Waals surface area contributed by atoms with Crippen molar-refractivity contribution < 1.29 is 14.5 Å². The van der Waals surface area contributed by atoms with Crippen LogP contribution in [0.5, 0.6) is 0 Å². The molecule has 1 heterocycles. The van der Waals surface area contributed by atoms with Gasteiger partial charge >= 0.3 is 5.70 Å². The molecule has 0 atom stereocenters. The van der Waals surface area contributed by atoms with Crippen LogP contribution >= 0.6 is 0 Å². The van der Waals surface area contributed by atoms with E-state index in [0.29, 0.717) is 16.8 Å². The molecule has 3 nitrogen and oxygen atoms in total. The Morgan fingerprint density at radius 1 is 0.810 bits per heavy atom. The number of nitrogens with zero attached hydrogens (tertiary/aromatic N) is 1. The quantitative estimate of drug-likeness (QED) is 0.692. The topological polar surface area (TPSA) is 41.2 Å². The average Bonchev–Trinajstić information content (AvgIpc) is 2.79. The van der Waals surface area contributed by atoms with Crippen LogP contribution in [0.3, 0.4) is 0 Å². The van der Waals surface area contributed by atoms with Gasteiger partial charge in [-0.2, -0.15) is 4.57 Å². The monoisotopic (exact) mass is 274 g/mol. The molecule has 2 aromatic carbocycles. The fourth-order valence-corrected chi connectivity index (χ4v) is 2.76. The Labute approximate surface area is 121 Å². The van der Waals surface area contributed by atoms with E-state index in [1.54, 1.807) is 29.0 Å². The number of carbonyl (C=O) groups excluding carboxylic acids is 1. The van der Waals surface area contributed by atoms with Gasteiger partial charge in [-0.1, -0.05) is 42.5 Å². The third-order valence-electron chi connectivity index (χ3n) is 3.81. The Morgan fingerprint density at radius 3 is 2.24 bits per heavy atom. The van der Waals surface area contributed by atoms with Crippen LogP contribution in [0, 0.1) is 0 Å². The predicted octanol–water partition coefficient (Wildman–Crippen LogP) is 3.21. The number of carbonyl (C=O) groups is 1. The zero-order valence-electron chi connectivity index (χ0n) is 11.2. The van der Waals surface area contributed by atoms with E-state index < -0.39 is 0 Å². The van der Waals surface area contributed by atoms with Gasteiger partial charge in [-0.15, -0.1) is 0 Å². The Hall–Kier alpha value is -2.94. The lowest BCUT2D eigenvalue weighted by Gasteiger charge is -1.98. The summed E-state index contributed by atoms with van der Waals surface area (Å²) in [6.45, 7) is 0. The van der Waals surface area contributed by atoms with Gasteiger partial charge in [0.2, 0.25) is 5.76 Å². The molecule has 100 valence electrons. The van der Waals surface area contributed by atoms with Gasteiger partial charge in [-0.3, -0.25) is 4.79 Å². The minimum absolute atomic E-state index is 0.0379. The number of rotatable bonds is 1. The zero-order chi connectivity index (χ0) is 14.4. The molecule has 0 bridgehead atoms. The fraction of sp³-hybridized carbons (Fsp3) is 0. The Bertz CT molecular complexity index is 925. The van der Waals surface area contributed by atoms with Gasteiger partial charge in [0.15, 0.2) is 12.4 Å². The first-order chi connectivity index (χ1) is 10.3. The first-order valence-electron chi connectivity index (χ1n) is 6.73. The number of Topliss-reactive ketones (excluding diaryl/α,β-unsaturated/α-hetero) is 1. The highest BCUT2D eigenvalue weighted by Gasteiger charge is 2.36. The smallest absolute Gasteiger partial charge is 0.301 e. The SMILES string of the molecule is O=C1C([n+]2ccc3ccccc3c2)=C(O)c2ccccc21. The number of hydrogen-bond acceptors (Lipinski definition) is 2. The molecule has 1 aliphatic rings. The maximum Gasteiger partial charge on any atom is 0.301 e. The van der Waals surface area contributed by atoms with E-state index in [1.165, 1.54) is 0 Å². The lowest BCUT2D eigenvalue weighted by Crippen LogP contribution is -2.34. The van der Waals surface area contributed by atoms with Crippen LogP contribution < -0.4 is 4.57 Å². The second-order valence-corrected chi connectivity index (χ2v) is 5.05. The average molecular weight is 274 g/mol. The van der Waals surface area contributed by atoms with Crippen LogP contribution in [-0.4, -0.2) is 10.9 Å². The van der Waals surface area contributed by atoms with Gasteiger partial charge in [0.1, 0.15) is 0 Å². The molecule has 0 radical (unpaired) electrons. The summed E-state index contributed by atoms with van der Waals surface area (Å²) in [5, 5.41) is 12.5. The third kappa shape index (κ3) is 1.68. The van der Waals surface area contributed by atoms with E-state index in [4.69, 9.17) is 0 Å². The summed E-state index contributed by atoms with van der Waals surface area (Å²) in [4.78, 5) is 12.5. The number of aromatic nitrogens is 1. The predicted molar refractivity (Wildman–Crippen MR) is 80.7 cm³/mol. The van der Waals surface area contributed by atoms with Gasteiger partial charge in [-0.25, -0.2) is 0 Å². The molecule has 0 aliphatic heterocycles. The molecule has 0 unspecified atom stereocenters. The van der Waals surface area contributed by atoms with Crippen molar-refractivity contribution in [2.24, 2.45) is 0 Å². The van der Waals surface area contributed by atoms with Crippen molar-refractivity contribution >= 4 is 28.0 Å². The molecule has 3 heteroatoms. The standard InChI is InChI=1S/C18H11NO2/c20-17-14-7-3-4-8-15(14)18(21)16(17)19-10-9-12-5-1-2-6-13(12)11-19/h1-11H/p+1. The molecule has 3 aromatic rings. The van der Waals surface area contributed by atoms with Crippen molar-refractivity contribution in [1.29, 1.82) is 0 Å². The molecule has 21 heavy (non-hydrogen) atoms. The molecule has 1 N–H and O–H groups in total. The highest BCUT2D eigenvalue weighted by Crippen LogP contribution is 2.30. The molecule has 1 aliphatic carbocycles. The number of allylic oxidation sites excluding steroid dienone is 1. The number of hydrogen-bond donors (Lipinski definition) is 1. The molecule has 0 amide bonds. The second kappa shape index (κ2) is 4.28. The lowest BCUT2D eigenvalue weighted by molar-refractivity contribution is -0.575.